The first-order chi connectivity index (χ1) is 8.09. The molecule has 0 radical (unpaired) electrons. The third kappa shape index (κ3) is 2.96. The van der Waals surface area contributed by atoms with Gasteiger partial charge in [0.15, 0.2) is 0 Å². The summed E-state index contributed by atoms with van der Waals surface area (Å²) >= 11 is 5.79. The number of nitrogens with one attached hydrogen (secondary N) is 1. The Morgan fingerprint density at radius 2 is 2.29 bits per heavy atom. The second-order valence-electron chi connectivity index (χ2n) is 4.25. The number of carboxylic acids is 1. The molecule has 1 atom stereocenters. The highest BCUT2D eigenvalue weighted by Crippen LogP contribution is 2.33. The van der Waals surface area contributed by atoms with Crippen LogP contribution in [0.2, 0.25) is 5.02 Å². The fraction of sp³-hybridized carbons (Fsp3) is 0.417. The van der Waals surface area contributed by atoms with Gasteiger partial charge in [0.2, 0.25) is 0 Å². The molecule has 1 unspecified atom stereocenters. The van der Waals surface area contributed by atoms with E-state index in [0.29, 0.717) is 5.56 Å². The zero-order valence-electron chi connectivity index (χ0n) is 9.12. The second-order valence-corrected chi connectivity index (χ2v) is 4.63. The Balaban J connectivity index is 2.01. The van der Waals surface area contributed by atoms with Gasteiger partial charge in [0.05, 0.1) is 5.02 Å². The van der Waals surface area contributed by atoms with E-state index < -0.39 is 17.8 Å². The van der Waals surface area contributed by atoms with Crippen molar-refractivity contribution in [3.05, 3.63) is 34.6 Å². The summed E-state index contributed by atoms with van der Waals surface area (Å²) in [5.41, 5.74) is 0.582. The molecule has 1 aliphatic rings. The maximum atomic E-state index is 13.2. The monoisotopic (exact) mass is 257 g/mol. The van der Waals surface area contributed by atoms with E-state index >= 15 is 0 Å². The van der Waals surface area contributed by atoms with E-state index in [9.17, 15) is 9.18 Å². The van der Waals surface area contributed by atoms with Crippen molar-refractivity contribution in [1.29, 1.82) is 0 Å². The highest BCUT2D eigenvalue weighted by Gasteiger charge is 2.35. The maximum absolute atomic E-state index is 13.2. The average Bonchev–Trinajstić information content (AvgIpc) is 3.08. The van der Waals surface area contributed by atoms with Crippen molar-refractivity contribution in [2.24, 2.45) is 5.92 Å². The zero-order valence-corrected chi connectivity index (χ0v) is 9.88. The third-order valence-corrected chi connectivity index (χ3v) is 3.33. The molecule has 1 aromatic carbocycles. The number of hydrogen-bond donors (Lipinski definition) is 2. The topological polar surface area (TPSA) is 49.3 Å². The number of aliphatic carboxylic acids is 1. The Bertz CT molecular complexity index is 435. The van der Waals surface area contributed by atoms with Gasteiger partial charge in [0, 0.05) is 6.54 Å². The van der Waals surface area contributed by atoms with Gasteiger partial charge in [-0.25, -0.2) is 4.39 Å². The Morgan fingerprint density at radius 1 is 1.59 bits per heavy atom. The summed E-state index contributed by atoms with van der Waals surface area (Å²) in [5, 5.41) is 12.0. The van der Waals surface area contributed by atoms with Gasteiger partial charge in [-0.1, -0.05) is 23.7 Å². The molecule has 0 heterocycles. The largest absolute Gasteiger partial charge is 0.480 e. The van der Waals surface area contributed by atoms with Crippen LogP contribution in [0.25, 0.3) is 0 Å². The lowest BCUT2D eigenvalue weighted by molar-refractivity contribution is -0.140. The molecule has 1 saturated carbocycles. The van der Waals surface area contributed by atoms with Crippen LogP contribution >= 0.6 is 11.6 Å². The van der Waals surface area contributed by atoms with Crippen LogP contribution in [-0.2, 0) is 11.3 Å². The van der Waals surface area contributed by atoms with Crippen LogP contribution in [-0.4, -0.2) is 17.1 Å². The quantitative estimate of drug-likeness (QED) is 0.852. The summed E-state index contributed by atoms with van der Waals surface area (Å²) < 4.78 is 13.2. The number of halogens is 2. The molecular formula is C12H13ClFNO2. The summed E-state index contributed by atoms with van der Waals surface area (Å²) in [4.78, 5) is 11.0. The molecule has 0 saturated heterocycles. The highest BCUT2D eigenvalue weighted by atomic mass is 35.5. The lowest BCUT2D eigenvalue weighted by Gasteiger charge is -2.14. The van der Waals surface area contributed by atoms with Crippen LogP contribution < -0.4 is 5.32 Å². The molecule has 92 valence electrons. The Labute approximate surface area is 104 Å². The standard InChI is InChI=1S/C12H13ClFNO2/c13-10-8(2-1-3-9(10)14)6-15-11(12(16)17)7-4-5-7/h1-3,7,11,15H,4-6H2,(H,16,17). The fourth-order valence-corrected chi connectivity index (χ4v) is 1.98. The normalized spacial score (nSPS) is 16.8. The van der Waals surface area contributed by atoms with E-state index in [-0.39, 0.29) is 17.5 Å². The molecule has 0 spiro atoms. The van der Waals surface area contributed by atoms with Crippen LogP contribution in [0.4, 0.5) is 4.39 Å². The first kappa shape index (κ1) is 12.3. The SMILES string of the molecule is O=C(O)C(NCc1cccc(F)c1Cl)C1CC1. The molecule has 1 aromatic rings. The number of hydrogen-bond acceptors (Lipinski definition) is 2. The molecule has 5 heteroatoms. The van der Waals surface area contributed by atoms with Crippen LogP contribution in [0.3, 0.4) is 0 Å². The van der Waals surface area contributed by atoms with Gasteiger partial charge in [0.25, 0.3) is 0 Å². The third-order valence-electron chi connectivity index (χ3n) is 2.90. The van der Waals surface area contributed by atoms with E-state index in [4.69, 9.17) is 16.7 Å². The maximum Gasteiger partial charge on any atom is 0.320 e. The minimum atomic E-state index is -0.861. The van der Waals surface area contributed by atoms with Crippen molar-refractivity contribution in [2.45, 2.75) is 25.4 Å². The van der Waals surface area contributed by atoms with Crippen LogP contribution in [0, 0.1) is 11.7 Å². The van der Waals surface area contributed by atoms with Crippen molar-refractivity contribution in [1.82, 2.24) is 5.32 Å². The lowest BCUT2D eigenvalue weighted by Crippen LogP contribution is -2.38. The summed E-state index contributed by atoms with van der Waals surface area (Å²) in [6.45, 7) is 0.268. The van der Waals surface area contributed by atoms with Crippen molar-refractivity contribution in [3.8, 4) is 0 Å². The molecule has 2 N–H and O–H groups in total. The van der Waals surface area contributed by atoms with E-state index in [0.717, 1.165) is 12.8 Å². The van der Waals surface area contributed by atoms with Gasteiger partial charge < -0.3 is 10.4 Å². The molecule has 3 nitrogen and oxygen atoms in total. The van der Waals surface area contributed by atoms with Crippen LogP contribution in [0.1, 0.15) is 18.4 Å². The summed E-state index contributed by atoms with van der Waals surface area (Å²) in [5.74, 6) is -1.15. The molecule has 2 rings (SSSR count). The smallest absolute Gasteiger partial charge is 0.320 e. The molecule has 0 amide bonds. The summed E-state index contributed by atoms with van der Waals surface area (Å²) in [6.07, 6.45) is 1.86. The van der Waals surface area contributed by atoms with Gasteiger partial charge in [-0.2, -0.15) is 0 Å². The molecule has 0 aliphatic heterocycles. The van der Waals surface area contributed by atoms with Crippen LogP contribution in [0.15, 0.2) is 18.2 Å². The molecule has 1 aliphatic carbocycles. The predicted molar refractivity (Wildman–Crippen MR) is 62.4 cm³/mol. The van der Waals surface area contributed by atoms with Gasteiger partial charge in [0.1, 0.15) is 11.9 Å². The van der Waals surface area contributed by atoms with Gasteiger partial charge in [-0.05, 0) is 30.4 Å². The first-order valence-electron chi connectivity index (χ1n) is 5.48. The fourth-order valence-electron chi connectivity index (χ4n) is 1.79. The Kier molecular flexibility index (Phi) is 3.64. The summed E-state index contributed by atoms with van der Waals surface area (Å²) in [7, 11) is 0. The van der Waals surface area contributed by atoms with Gasteiger partial charge in [-0.3, -0.25) is 4.79 Å². The number of rotatable bonds is 5. The molecule has 0 bridgehead atoms. The van der Waals surface area contributed by atoms with Gasteiger partial charge in [-0.15, -0.1) is 0 Å². The Morgan fingerprint density at radius 3 is 2.88 bits per heavy atom. The van der Waals surface area contributed by atoms with E-state index in [1.165, 1.54) is 6.07 Å². The summed E-state index contributed by atoms with van der Waals surface area (Å²) in [6, 6.07) is 3.96. The van der Waals surface area contributed by atoms with E-state index in [1.807, 2.05) is 0 Å². The molecule has 1 fully saturated rings. The molecule has 0 aromatic heterocycles. The number of benzene rings is 1. The van der Waals surface area contributed by atoms with E-state index in [1.54, 1.807) is 12.1 Å². The number of carboxylic acid groups (broad SMARTS) is 1. The predicted octanol–water partition coefficient (Wildman–Crippen LogP) is 2.43. The van der Waals surface area contributed by atoms with Crippen molar-refractivity contribution in [2.75, 3.05) is 0 Å². The minimum Gasteiger partial charge on any atom is -0.480 e. The van der Waals surface area contributed by atoms with Crippen LogP contribution in [0.5, 0.6) is 0 Å². The van der Waals surface area contributed by atoms with Gasteiger partial charge >= 0.3 is 5.97 Å². The van der Waals surface area contributed by atoms with Crippen molar-refractivity contribution in [3.63, 3.8) is 0 Å². The number of carbonyl (C=O) groups is 1. The highest BCUT2D eigenvalue weighted by molar-refractivity contribution is 6.31. The average molecular weight is 258 g/mol. The zero-order chi connectivity index (χ0) is 12.4. The first-order valence-corrected chi connectivity index (χ1v) is 5.86. The molecule has 17 heavy (non-hydrogen) atoms. The molecular weight excluding hydrogens is 245 g/mol. The van der Waals surface area contributed by atoms with Crippen molar-refractivity contribution < 1.29 is 14.3 Å². The van der Waals surface area contributed by atoms with Crippen molar-refractivity contribution >= 4 is 17.6 Å². The minimum absolute atomic E-state index is 0.0555. The second kappa shape index (κ2) is 5.02. The van der Waals surface area contributed by atoms with E-state index in [2.05, 4.69) is 5.32 Å². The Hall–Kier alpha value is -1.13. The lowest BCUT2D eigenvalue weighted by atomic mass is 10.1.